The summed E-state index contributed by atoms with van der Waals surface area (Å²) in [6.45, 7) is 4.30. The largest absolute Gasteiger partial charge is 0.384 e. The summed E-state index contributed by atoms with van der Waals surface area (Å²) in [5.74, 6) is 0.610. The van der Waals surface area contributed by atoms with E-state index in [1.54, 1.807) is 0 Å². The van der Waals surface area contributed by atoms with Crippen molar-refractivity contribution < 1.29 is 0 Å². The molecule has 0 amide bonds. The zero-order valence-electron chi connectivity index (χ0n) is 11.9. The van der Waals surface area contributed by atoms with Gasteiger partial charge in [0, 0.05) is 18.8 Å². The van der Waals surface area contributed by atoms with Crippen molar-refractivity contribution in [3.8, 4) is 0 Å². The maximum absolute atomic E-state index is 5.76. The van der Waals surface area contributed by atoms with Gasteiger partial charge in [-0.1, -0.05) is 30.3 Å². The number of benzene rings is 1. The van der Waals surface area contributed by atoms with Gasteiger partial charge < -0.3 is 5.73 Å². The number of pyridine rings is 1. The maximum Gasteiger partial charge on any atom is 0.123 e. The number of likely N-dealkylation sites (tertiary alicyclic amines) is 1. The van der Waals surface area contributed by atoms with Crippen molar-refractivity contribution in [3.05, 3.63) is 59.3 Å². The van der Waals surface area contributed by atoms with Gasteiger partial charge in [0.2, 0.25) is 0 Å². The van der Waals surface area contributed by atoms with Gasteiger partial charge in [-0.15, -0.1) is 0 Å². The highest BCUT2D eigenvalue weighted by molar-refractivity contribution is 5.38. The molecule has 3 rings (SSSR count). The number of nitrogens with zero attached hydrogens (tertiary/aromatic N) is 2. The number of aryl methyl sites for hydroxylation is 1. The van der Waals surface area contributed by atoms with E-state index >= 15 is 0 Å². The number of anilines is 1. The molecule has 20 heavy (non-hydrogen) atoms. The van der Waals surface area contributed by atoms with Crippen molar-refractivity contribution in [1.82, 2.24) is 9.88 Å². The Morgan fingerprint density at radius 2 is 2.10 bits per heavy atom. The lowest BCUT2D eigenvalue weighted by atomic mass is 10.0. The molecule has 104 valence electrons. The highest BCUT2D eigenvalue weighted by Gasteiger charge is 2.27. The van der Waals surface area contributed by atoms with Crippen molar-refractivity contribution >= 4 is 5.82 Å². The fraction of sp³-hybridized carbons (Fsp3) is 0.353. The molecule has 1 fully saturated rings. The summed E-state index contributed by atoms with van der Waals surface area (Å²) in [5, 5.41) is 0. The standard InChI is InChI=1S/C17H21N3/c1-13-10-17(18)19-11-15(13)16-8-5-9-20(16)12-14-6-3-2-4-7-14/h2-4,6-7,10-11,16H,5,8-9,12H2,1H3,(H2,18,19). The third kappa shape index (κ3) is 2.68. The van der Waals surface area contributed by atoms with E-state index in [-0.39, 0.29) is 0 Å². The van der Waals surface area contributed by atoms with Crippen molar-refractivity contribution in [2.45, 2.75) is 32.4 Å². The van der Waals surface area contributed by atoms with Crippen LogP contribution < -0.4 is 5.73 Å². The van der Waals surface area contributed by atoms with E-state index in [0.29, 0.717) is 11.9 Å². The van der Waals surface area contributed by atoms with Crippen LogP contribution in [0, 0.1) is 6.92 Å². The van der Waals surface area contributed by atoms with Crippen LogP contribution in [0.3, 0.4) is 0 Å². The minimum atomic E-state index is 0.475. The van der Waals surface area contributed by atoms with Gasteiger partial charge in [0.1, 0.15) is 5.82 Å². The molecule has 1 aliphatic heterocycles. The van der Waals surface area contributed by atoms with Crippen molar-refractivity contribution in [2.75, 3.05) is 12.3 Å². The predicted molar refractivity (Wildman–Crippen MR) is 82.2 cm³/mol. The molecule has 3 heteroatoms. The van der Waals surface area contributed by atoms with Crippen LogP contribution >= 0.6 is 0 Å². The summed E-state index contributed by atoms with van der Waals surface area (Å²) >= 11 is 0. The first-order chi connectivity index (χ1) is 9.74. The summed E-state index contributed by atoms with van der Waals surface area (Å²) in [6.07, 6.45) is 4.42. The Morgan fingerprint density at radius 3 is 2.85 bits per heavy atom. The van der Waals surface area contributed by atoms with E-state index in [0.717, 1.165) is 13.1 Å². The van der Waals surface area contributed by atoms with E-state index in [9.17, 15) is 0 Å². The van der Waals surface area contributed by atoms with E-state index in [1.165, 1.54) is 29.5 Å². The van der Waals surface area contributed by atoms with E-state index in [1.807, 2.05) is 12.3 Å². The molecule has 0 saturated carbocycles. The Labute approximate surface area is 120 Å². The van der Waals surface area contributed by atoms with Crippen LogP contribution in [0.15, 0.2) is 42.6 Å². The van der Waals surface area contributed by atoms with Crippen molar-refractivity contribution in [1.29, 1.82) is 0 Å². The molecule has 1 atom stereocenters. The molecular formula is C17H21N3. The highest BCUT2D eigenvalue weighted by Crippen LogP contribution is 2.34. The average Bonchev–Trinajstić information content (AvgIpc) is 2.88. The van der Waals surface area contributed by atoms with Gasteiger partial charge in [0.25, 0.3) is 0 Å². The fourth-order valence-corrected chi connectivity index (χ4v) is 3.12. The van der Waals surface area contributed by atoms with E-state index < -0.39 is 0 Å². The molecule has 1 aliphatic rings. The van der Waals surface area contributed by atoms with Crippen LogP contribution in [-0.4, -0.2) is 16.4 Å². The first kappa shape index (κ1) is 13.1. The molecule has 0 radical (unpaired) electrons. The second-order valence-electron chi connectivity index (χ2n) is 5.58. The number of nitrogens with two attached hydrogens (primary N) is 1. The number of nitrogen functional groups attached to an aromatic ring is 1. The second kappa shape index (κ2) is 5.63. The summed E-state index contributed by atoms with van der Waals surface area (Å²) < 4.78 is 0. The molecule has 1 aromatic carbocycles. The van der Waals surface area contributed by atoms with Gasteiger partial charge in [-0.25, -0.2) is 4.98 Å². The summed E-state index contributed by atoms with van der Waals surface area (Å²) in [6, 6.07) is 13.1. The number of aromatic nitrogens is 1. The average molecular weight is 267 g/mol. The Balaban J connectivity index is 1.82. The van der Waals surface area contributed by atoms with Gasteiger partial charge in [-0.3, -0.25) is 4.90 Å². The zero-order chi connectivity index (χ0) is 13.9. The third-order valence-electron chi connectivity index (χ3n) is 4.12. The Bertz CT molecular complexity index is 580. The van der Waals surface area contributed by atoms with Crippen LogP contribution in [0.4, 0.5) is 5.82 Å². The topological polar surface area (TPSA) is 42.1 Å². The number of rotatable bonds is 3. The summed E-state index contributed by atoms with van der Waals surface area (Å²) in [7, 11) is 0. The normalized spacial score (nSPS) is 19.4. The molecular weight excluding hydrogens is 246 g/mol. The molecule has 2 heterocycles. The minimum absolute atomic E-state index is 0.475. The molecule has 2 aromatic rings. The highest BCUT2D eigenvalue weighted by atomic mass is 15.2. The molecule has 0 aliphatic carbocycles. The first-order valence-electron chi connectivity index (χ1n) is 7.24. The molecule has 1 unspecified atom stereocenters. The van der Waals surface area contributed by atoms with Crippen LogP contribution in [0.5, 0.6) is 0 Å². The minimum Gasteiger partial charge on any atom is -0.384 e. The van der Waals surface area contributed by atoms with Gasteiger partial charge in [-0.2, -0.15) is 0 Å². The molecule has 0 bridgehead atoms. The monoisotopic (exact) mass is 267 g/mol. The fourth-order valence-electron chi connectivity index (χ4n) is 3.12. The first-order valence-corrected chi connectivity index (χ1v) is 7.24. The van der Waals surface area contributed by atoms with Crippen LogP contribution in [0.2, 0.25) is 0 Å². The van der Waals surface area contributed by atoms with Gasteiger partial charge >= 0.3 is 0 Å². The molecule has 2 N–H and O–H groups in total. The smallest absolute Gasteiger partial charge is 0.123 e. The molecule has 3 nitrogen and oxygen atoms in total. The molecule has 1 saturated heterocycles. The zero-order valence-corrected chi connectivity index (χ0v) is 11.9. The van der Waals surface area contributed by atoms with Crippen LogP contribution in [0.25, 0.3) is 0 Å². The van der Waals surface area contributed by atoms with Crippen molar-refractivity contribution in [2.24, 2.45) is 0 Å². The number of hydrogen-bond acceptors (Lipinski definition) is 3. The van der Waals surface area contributed by atoms with Crippen LogP contribution in [0.1, 0.15) is 35.6 Å². The third-order valence-corrected chi connectivity index (χ3v) is 4.12. The van der Waals surface area contributed by atoms with E-state index in [2.05, 4.69) is 47.1 Å². The lowest BCUT2D eigenvalue weighted by Crippen LogP contribution is -2.23. The van der Waals surface area contributed by atoms with Crippen LogP contribution in [-0.2, 0) is 6.54 Å². The predicted octanol–water partition coefficient (Wildman–Crippen LogP) is 3.31. The lowest BCUT2D eigenvalue weighted by molar-refractivity contribution is 0.247. The molecule has 0 spiro atoms. The lowest BCUT2D eigenvalue weighted by Gasteiger charge is -2.26. The Kier molecular flexibility index (Phi) is 3.70. The van der Waals surface area contributed by atoms with E-state index in [4.69, 9.17) is 5.73 Å². The van der Waals surface area contributed by atoms with Gasteiger partial charge in [0.05, 0.1) is 0 Å². The summed E-state index contributed by atoms with van der Waals surface area (Å²) in [5.41, 5.74) is 9.71. The number of hydrogen-bond donors (Lipinski definition) is 1. The van der Waals surface area contributed by atoms with Gasteiger partial charge in [0.15, 0.2) is 0 Å². The second-order valence-corrected chi connectivity index (χ2v) is 5.58. The maximum atomic E-state index is 5.76. The quantitative estimate of drug-likeness (QED) is 0.927. The van der Waals surface area contributed by atoms with Gasteiger partial charge in [-0.05, 0) is 49.1 Å². The molecule has 1 aromatic heterocycles. The Morgan fingerprint density at radius 1 is 1.30 bits per heavy atom. The Hall–Kier alpha value is -1.87. The summed E-state index contributed by atoms with van der Waals surface area (Å²) in [4.78, 5) is 6.83. The SMILES string of the molecule is Cc1cc(N)ncc1C1CCCN1Cc1ccccc1. The van der Waals surface area contributed by atoms with Crippen molar-refractivity contribution in [3.63, 3.8) is 0 Å².